The summed E-state index contributed by atoms with van der Waals surface area (Å²) in [6, 6.07) is 16.9. The van der Waals surface area contributed by atoms with Gasteiger partial charge in [0.25, 0.3) is 15.9 Å². The Balaban J connectivity index is 1.69. The van der Waals surface area contributed by atoms with Gasteiger partial charge < -0.3 is 10.1 Å². The maximum absolute atomic E-state index is 12.8. The summed E-state index contributed by atoms with van der Waals surface area (Å²) in [7, 11) is -3.82. The first-order valence-electron chi connectivity index (χ1n) is 9.98. The van der Waals surface area contributed by atoms with Crippen LogP contribution in [-0.4, -0.2) is 25.4 Å². The number of nitro groups is 1. The van der Waals surface area contributed by atoms with Gasteiger partial charge in [-0.05, 0) is 62.2 Å². The van der Waals surface area contributed by atoms with E-state index in [9.17, 15) is 23.3 Å². The van der Waals surface area contributed by atoms with Gasteiger partial charge in [0, 0.05) is 11.8 Å². The second-order valence-electron chi connectivity index (χ2n) is 7.37. The number of carbonyl (C=O) groups excluding carboxylic acids is 1. The van der Waals surface area contributed by atoms with E-state index < -0.39 is 27.0 Å². The fourth-order valence-electron chi connectivity index (χ4n) is 3.08. The number of nitro benzene ring substituents is 1. The largest absolute Gasteiger partial charge is 0.474 e. The molecule has 33 heavy (non-hydrogen) atoms. The third-order valence-electron chi connectivity index (χ3n) is 4.88. The topological polar surface area (TPSA) is 128 Å². The van der Waals surface area contributed by atoms with Crippen LogP contribution in [0.25, 0.3) is 0 Å². The molecule has 0 bridgehead atoms. The van der Waals surface area contributed by atoms with Crippen molar-refractivity contribution in [2.75, 3.05) is 10.0 Å². The van der Waals surface area contributed by atoms with Gasteiger partial charge in [-0.2, -0.15) is 0 Å². The Morgan fingerprint density at radius 3 is 2.18 bits per heavy atom. The zero-order valence-electron chi connectivity index (χ0n) is 18.2. The number of benzene rings is 3. The molecule has 0 saturated carbocycles. The maximum Gasteiger partial charge on any atom is 0.310 e. The SMILES string of the molecule is Cc1cccc(C)c1NS(=O)(=O)c1ccc(NC(=O)C(C)Oc2ccccc2[N+](=O)[O-])cc1. The minimum absolute atomic E-state index is 0.0239. The molecule has 0 aliphatic rings. The number of nitrogens with one attached hydrogen (secondary N) is 2. The summed E-state index contributed by atoms with van der Waals surface area (Å²) < 4.78 is 33.6. The number of carbonyl (C=O) groups is 1. The molecule has 0 fully saturated rings. The number of ether oxygens (including phenoxy) is 1. The molecule has 3 aromatic rings. The van der Waals surface area contributed by atoms with E-state index in [1.165, 1.54) is 49.4 Å². The van der Waals surface area contributed by atoms with E-state index in [1.807, 2.05) is 32.0 Å². The Bertz CT molecular complexity index is 1270. The second kappa shape index (κ2) is 9.70. The Labute approximate surface area is 191 Å². The lowest BCUT2D eigenvalue weighted by Crippen LogP contribution is -2.30. The first-order chi connectivity index (χ1) is 15.6. The minimum Gasteiger partial charge on any atom is -0.474 e. The average Bonchev–Trinajstić information content (AvgIpc) is 2.77. The molecule has 9 nitrogen and oxygen atoms in total. The average molecular weight is 470 g/mol. The van der Waals surface area contributed by atoms with Crippen LogP contribution in [0.1, 0.15) is 18.1 Å². The zero-order valence-corrected chi connectivity index (χ0v) is 19.0. The lowest BCUT2D eigenvalue weighted by molar-refractivity contribution is -0.386. The Hall–Kier alpha value is -3.92. The Morgan fingerprint density at radius 1 is 0.970 bits per heavy atom. The standard InChI is InChI=1S/C23H23N3O6S/c1-15-7-6-8-16(2)22(15)25-33(30,31)19-13-11-18(12-14-19)24-23(27)17(3)32-21-10-5-4-9-20(21)26(28)29/h4-14,17,25H,1-3H3,(H,24,27). The molecule has 0 aliphatic heterocycles. The molecule has 3 aromatic carbocycles. The first-order valence-corrected chi connectivity index (χ1v) is 11.5. The highest BCUT2D eigenvalue weighted by molar-refractivity contribution is 7.92. The minimum atomic E-state index is -3.82. The van der Waals surface area contributed by atoms with Crippen LogP contribution in [0, 0.1) is 24.0 Å². The molecular weight excluding hydrogens is 446 g/mol. The highest BCUT2D eigenvalue weighted by Crippen LogP contribution is 2.27. The number of para-hydroxylation sites is 3. The van der Waals surface area contributed by atoms with Crippen LogP contribution < -0.4 is 14.8 Å². The van der Waals surface area contributed by atoms with Crippen molar-refractivity contribution < 1.29 is 22.9 Å². The summed E-state index contributed by atoms with van der Waals surface area (Å²) in [5.74, 6) is -0.568. The molecule has 3 rings (SSSR count). The van der Waals surface area contributed by atoms with E-state index >= 15 is 0 Å². The summed E-state index contributed by atoms with van der Waals surface area (Å²) in [5, 5.41) is 13.7. The first kappa shape index (κ1) is 23.7. The number of sulfonamides is 1. The van der Waals surface area contributed by atoms with Gasteiger partial charge in [0.15, 0.2) is 11.9 Å². The van der Waals surface area contributed by atoms with E-state index in [4.69, 9.17) is 4.74 Å². The number of rotatable bonds is 8. The molecule has 0 heterocycles. The molecule has 0 aromatic heterocycles. The molecule has 2 N–H and O–H groups in total. The van der Waals surface area contributed by atoms with Gasteiger partial charge in [0.1, 0.15) is 0 Å². The lowest BCUT2D eigenvalue weighted by Gasteiger charge is -2.15. The molecule has 1 atom stereocenters. The molecule has 0 saturated heterocycles. The molecule has 172 valence electrons. The lowest BCUT2D eigenvalue weighted by atomic mass is 10.1. The van der Waals surface area contributed by atoms with Gasteiger partial charge in [0.2, 0.25) is 0 Å². The molecule has 0 aliphatic carbocycles. The predicted molar refractivity (Wildman–Crippen MR) is 125 cm³/mol. The van der Waals surface area contributed by atoms with E-state index in [0.717, 1.165) is 11.1 Å². The van der Waals surface area contributed by atoms with E-state index in [0.29, 0.717) is 11.4 Å². The highest BCUT2D eigenvalue weighted by Gasteiger charge is 2.21. The number of amides is 1. The van der Waals surface area contributed by atoms with Crippen LogP contribution >= 0.6 is 0 Å². The normalized spacial score (nSPS) is 12.0. The molecule has 0 radical (unpaired) electrons. The van der Waals surface area contributed by atoms with E-state index in [-0.39, 0.29) is 16.3 Å². The Kier molecular flexibility index (Phi) is 6.98. The van der Waals surface area contributed by atoms with Crippen LogP contribution in [0.3, 0.4) is 0 Å². The maximum atomic E-state index is 12.8. The smallest absolute Gasteiger partial charge is 0.310 e. The van der Waals surface area contributed by atoms with E-state index in [2.05, 4.69) is 10.0 Å². The van der Waals surface area contributed by atoms with Gasteiger partial charge in [-0.1, -0.05) is 30.3 Å². The van der Waals surface area contributed by atoms with Gasteiger partial charge in [-0.3, -0.25) is 19.6 Å². The van der Waals surface area contributed by atoms with Crippen molar-refractivity contribution in [1.82, 2.24) is 0 Å². The fourth-order valence-corrected chi connectivity index (χ4v) is 4.28. The van der Waals surface area contributed by atoms with Crippen molar-refractivity contribution in [3.05, 3.63) is 88.0 Å². The van der Waals surface area contributed by atoms with Crippen molar-refractivity contribution in [2.45, 2.75) is 31.8 Å². The third-order valence-corrected chi connectivity index (χ3v) is 6.25. The number of anilines is 2. The summed E-state index contributed by atoms with van der Waals surface area (Å²) in [5.41, 5.74) is 2.23. The summed E-state index contributed by atoms with van der Waals surface area (Å²) in [4.78, 5) is 23.0. The van der Waals surface area contributed by atoms with Gasteiger partial charge in [0.05, 0.1) is 15.5 Å². The molecule has 0 spiro atoms. The van der Waals surface area contributed by atoms with Crippen LogP contribution in [0.4, 0.5) is 17.1 Å². The Morgan fingerprint density at radius 2 is 1.58 bits per heavy atom. The molecular formula is C23H23N3O6S. The van der Waals surface area contributed by atoms with Gasteiger partial charge in [-0.15, -0.1) is 0 Å². The van der Waals surface area contributed by atoms with Crippen LogP contribution in [0.15, 0.2) is 71.6 Å². The third kappa shape index (κ3) is 5.66. The quantitative estimate of drug-likeness (QED) is 0.371. The fraction of sp³-hybridized carbons (Fsp3) is 0.174. The molecule has 1 unspecified atom stereocenters. The summed E-state index contributed by atoms with van der Waals surface area (Å²) >= 11 is 0. The van der Waals surface area contributed by atoms with Crippen molar-refractivity contribution in [3.63, 3.8) is 0 Å². The zero-order chi connectivity index (χ0) is 24.2. The van der Waals surface area contributed by atoms with E-state index in [1.54, 1.807) is 6.07 Å². The second-order valence-corrected chi connectivity index (χ2v) is 9.05. The summed E-state index contributed by atoms with van der Waals surface area (Å²) in [6.07, 6.45) is -1.03. The predicted octanol–water partition coefficient (Wildman–Crippen LogP) is 4.42. The molecule has 1 amide bonds. The van der Waals surface area contributed by atoms with Crippen molar-refractivity contribution in [3.8, 4) is 5.75 Å². The van der Waals surface area contributed by atoms with Gasteiger partial charge in [-0.25, -0.2) is 8.42 Å². The van der Waals surface area contributed by atoms with Crippen LogP contribution in [0.5, 0.6) is 5.75 Å². The summed E-state index contributed by atoms with van der Waals surface area (Å²) in [6.45, 7) is 5.09. The highest BCUT2D eigenvalue weighted by atomic mass is 32.2. The monoisotopic (exact) mass is 469 g/mol. The van der Waals surface area contributed by atoms with Crippen molar-refractivity contribution in [2.24, 2.45) is 0 Å². The number of hydrogen-bond acceptors (Lipinski definition) is 6. The number of aryl methyl sites for hydroxylation is 2. The van der Waals surface area contributed by atoms with Crippen molar-refractivity contribution in [1.29, 1.82) is 0 Å². The number of nitrogens with zero attached hydrogens (tertiary/aromatic N) is 1. The van der Waals surface area contributed by atoms with Crippen LogP contribution in [-0.2, 0) is 14.8 Å². The molecule has 10 heteroatoms. The van der Waals surface area contributed by atoms with Gasteiger partial charge >= 0.3 is 5.69 Å². The van der Waals surface area contributed by atoms with Crippen LogP contribution in [0.2, 0.25) is 0 Å². The number of hydrogen-bond donors (Lipinski definition) is 2. The van der Waals surface area contributed by atoms with Crippen molar-refractivity contribution >= 4 is 33.0 Å².